The van der Waals surface area contributed by atoms with Crippen LogP contribution in [0.4, 0.5) is 30.7 Å². The molecule has 2 aliphatic rings. The first kappa shape index (κ1) is 39.6. The van der Waals surface area contributed by atoms with Crippen molar-refractivity contribution in [3.05, 3.63) is 51.5 Å². The van der Waals surface area contributed by atoms with E-state index in [0.29, 0.717) is 17.3 Å². The van der Waals surface area contributed by atoms with Crippen molar-refractivity contribution in [2.45, 2.75) is 79.2 Å². The maximum absolute atomic E-state index is 14.3. The van der Waals surface area contributed by atoms with E-state index in [0.717, 1.165) is 41.0 Å². The smallest absolute Gasteiger partial charge is 0.425 e. The lowest BCUT2D eigenvalue weighted by Crippen LogP contribution is -2.50. The van der Waals surface area contributed by atoms with E-state index < -0.39 is 105 Å². The Morgan fingerprint density at radius 2 is 1.90 bits per heavy atom. The fraction of sp³-hybridized carbons (Fsp3) is 0.533. The molecule has 4 rings (SSSR count). The molecule has 1 aliphatic carbocycles. The topological polar surface area (TPSA) is 133 Å². The molecule has 3 atom stereocenters. The van der Waals surface area contributed by atoms with Crippen LogP contribution in [0, 0.1) is 17.1 Å². The van der Waals surface area contributed by atoms with Crippen molar-refractivity contribution in [2.75, 3.05) is 26.2 Å². The second-order valence-electron chi connectivity index (χ2n) is 12.0. The summed E-state index contributed by atoms with van der Waals surface area (Å²) in [5.74, 6) is -2.81. The number of nitrogens with one attached hydrogen (secondary N) is 1. The van der Waals surface area contributed by atoms with Gasteiger partial charge in [0.1, 0.15) is 23.1 Å². The first-order valence-electron chi connectivity index (χ1n) is 15.0. The highest BCUT2D eigenvalue weighted by Gasteiger charge is 2.50. The second kappa shape index (κ2) is 15.2. The number of nitriles is 1. The van der Waals surface area contributed by atoms with Crippen LogP contribution in [0.15, 0.2) is 39.8 Å². The van der Waals surface area contributed by atoms with Gasteiger partial charge in [-0.2, -0.15) is 31.6 Å². The molecule has 3 unspecified atom stereocenters. The lowest BCUT2D eigenvalue weighted by Gasteiger charge is -2.27. The first-order valence-corrected chi connectivity index (χ1v) is 17.7. The van der Waals surface area contributed by atoms with E-state index in [9.17, 15) is 54.0 Å². The number of ether oxygens (including phenoxy) is 1. The van der Waals surface area contributed by atoms with E-state index in [2.05, 4.69) is 26.2 Å². The fourth-order valence-electron chi connectivity index (χ4n) is 5.30. The Hall–Kier alpha value is -3.21. The Kier molecular flexibility index (Phi) is 12.0. The predicted octanol–water partition coefficient (Wildman–Crippen LogP) is 5.38. The summed E-state index contributed by atoms with van der Waals surface area (Å²) in [4.78, 5) is 32.0. The molecular formula is C30H30BrClF7N5O5S. The SMILES string of the molecule is CC(Oc1ccc(S(=O)(=O)C2CC(C(=O)NC3(C#N)CC3)N(C(=O)CCN(CCc3ncc(Br)cc3F)CC(F)(F)F)C2)c(Cl)c1)C(F)(F)F. The summed E-state index contributed by atoms with van der Waals surface area (Å²) in [5.41, 5.74) is -1.30. The third-order valence-electron chi connectivity index (χ3n) is 8.23. The summed E-state index contributed by atoms with van der Waals surface area (Å²) in [6, 6.07) is 4.41. The number of benzene rings is 1. The standard InChI is InChI=1S/C30H30BrClF7N5O5S/c1-17(30(37,38)39)49-19-2-3-25(21(32)11-19)50(47,48)20-12-24(27(46)42-28(15-40)6-7-28)44(14-20)26(45)5-9-43(16-29(34,35)36)8-4-23-22(33)10-18(31)13-41-23/h2-3,10-11,13,17,20,24H,4-9,12,14,16H2,1H3,(H,42,46). The molecule has 2 aromatic rings. The van der Waals surface area contributed by atoms with E-state index >= 15 is 0 Å². The third kappa shape index (κ3) is 9.98. The lowest BCUT2D eigenvalue weighted by atomic mass is 10.1. The van der Waals surface area contributed by atoms with Crippen LogP contribution in [0.2, 0.25) is 5.02 Å². The number of amides is 2. The molecule has 1 N–H and O–H groups in total. The zero-order chi connectivity index (χ0) is 37.2. The summed E-state index contributed by atoms with van der Waals surface area (Å²) in [6.07, 6.45) is -11.0. The van der Waals surface area contributed by atoms with Crippen LogP contribution in [0.25, 0.3) is 0 Å². The third-order valence-corrected chi connectivity index (χ3v) is 11.3. The molecule has 50 heavy (non-hydrogen) atoms. The minimum absolute atomic E-state index is 0.101. The molecule has 1 aliphatic heterocycles. The molecule has 0 bridgehead atoms. The predicted molar refractivity (Wildman–Crippen MR) is 167 cm³/mol. The van der Waals surface area contributed by atoms with Crippen molar-refractivity contribution in [2.24, 2.45) is 0 Å². The molecule has 1 saturated carbocycles. The minimum atomic E-state index is -4.71. The van der Waals surface area contributed by atoms with Gasteiger partial charge in [-0.15, -0.1) is 0 Å². The minimum Gasteiger partial charge on any atom is -0.481 e. The van der Waals surface area contributed by atoms with Crippen LogP contribution in [0.5, 0.6) is 5.75 Å². The van der Waals surface area contributed by atoms with Crippen molar-refractivity contribution >= 4 is 49.2 Å². The zero-order valence-electron chi connectivity index (χ0n) is 26.1. The van der Waals surface area contributed by atoms with E-state index in [1.165, 1.54) is 6.20 Å². The molecule has 20 heteroatoms. The number of hydrogen-bond donors (Lipinski definition) is 1. The Balaban J connectivity index is 1.53. The summed E-state index contributed by atoms with van der Waals surface area (Å²) in [5, 5.41) is 10.0. The van der Waals surface area contributed by atoms with Gasteiger partial charge in [0.15, 0.2) is 15.9 Å². The number of carbonyl (C=O) groups is 2. The van der Waals surface area contributed by atoms with Crippen molar-refractivity contribution in [3.63, 3.8) is 0 Å². The van der Waals surface area contributed by atoms with E-state index in [1.807, 2.05) is 6.07 Å². The average molecular weight is 821 g/mol. The number of hydrogen-bond acceptors (Lipinski definition) is 8. The van der Waals surface area contributed by atoms with Crippen molar-refractivity contribution in [1.82, 2.24) is 20.1 Å². The quantitative estimate of drug-likeness (QED) is 0.267. The number of nitrogens with zero attached hydrogens (tertiary/aromatic N) is 4. The Morgan fingerprint density at radius 1 is 1.22 bits per heavy atom. The van der Waals surface area contributed by atoms with Gasteiger partial charge in [-0.05, 0) is 60.3 Å². The number of likely N-dealkylation sites (tertiary alicyclic amines) is 1. The van der Waals surface area contributed by atoms with Gasteiger partial charge in [0, 0.05) is 49.2 Å². The number of aromatic nitrogens is 1. The molecule has 1 aromatic heterocycles. The monoisotopic (exact) mass is 819 g/mol. The van der Waals surface area contributed by atoms with Crippen molar-refractivity contribution in [1.29, 1.82) is 5.26 Å². The Morgan fingerprint density at radius 3 is 2.46 bits per heavy atom. The van der Waals surface area contributed by atoms with Gasteiger partial charge in [0.25, 0.3) is 0 Å². The molecule has 10 nitrogen and oxygen atoms in total. The maximum atomic E-state index is 14.3. The number of rotatable bonds is 13. The van der Waals surface area contributed by atoms with Gasteiger partial charge in [-0.1, -0.05) is 11.6 Å². The lowest BCUT2D eigenvalue weighted by molar-refractivity contribution is -0.189. The van der Waals surface area contributed by atoms with Gasteiger partial charge >= 0.3 is 12.4 Å². The molecule has 0 radical (unpaired) electrons. The van der Waals surface area contributed by atoms with E-state index in [-0.39, 0.29) is 24.4 Å². The van der Waals surface area contributed by atoms with E-state index in [4.69, 9.17) is 16.3 Å². The number of halogens is 9. The molecular weight excluding hydrogens is 791 g/mol. The highest BCUT2D eigenvalue weighted by molar-refractivity contribution is 9.10. The van der Waals surface area contributed by atoms with Gasteiger partial charge < -0.3 is 15.0 Å². The Labute approximate surface area is 295 Å². The van der Waals surface area contributed by atoms with Crippen LogP contribution >= 0.6 is 27.5 Å². The highest BCUT2D eigenvalue weighted by Crippen LogP contribution is 2.37. The molecule has 274 valence electrons. The fourth-order valence-corrected chi connectivity index (χ4v) is 7.84. The van der Waals surface area contributed by atoms with Crippen LogP contribution in [-0.4, -0.2) is 96.5 Å². The molecule has 1 aromatic carbocycles. The van der Waals surface area contributed by atoms with Gasteiger partial charge in [0.2, 0.25) is 11.8 Å². The summed E-state index contributed by atoms with van der Waals surface area (Å²) < 4.78 is 126. The summed E-state index contributed by atoms with van der Waals surface area (Å²) in [6.45, 7) is -2.13. The molecule has 2 amide bonds. The zero-order valence-corrected chi connectivity index (χ0v) is 29.3. The first-order chi connectivity index (χ1) is 23.1. The molecule has 2 fully saturated rings. The van der Waals surface area contributed by atoms with Crippen molar-refractivity contribution < 1.29 is 53.5 Å². The number of pyridine rings is 1. The van der Waals surface area contributed by atoms with Gasteiger partial charge in [0.05, 0.1) is 33.5 Å². The maximum Gasteiger partial charge on any atom is 0.425 e. The highest BCUT2D eigenvalue weighted by atomic mass is 79.9. The largest absolute Gasteiger partial charge is 0.481 e. The molecule has 0 spiro atoms. The van der Waals surface area contributed by atoms with Crippen molar-refractivity contribution in [3.8, 4) is 11.8 Å². The van der Waals surface area contributed by atoms with Crippen LogP contribution in [0.1, 0.15) is 38.3 Å². The Bertz CT molecular complexity index is 1750. The van der Waals surface area contributed by atoms with Crippen LogP contribution < -0.4 is 10.1 Å². The van der Waals surface area contributed by atoms with Gasteiger partial charge in [-0.3, -0.25) is 19.5 Å². The molecule has 1 saturated heterocycles. The summed E-state index contributed by atoms with van der Waals surface area (Å²) >= 11 is 9.21. The summed E-state index contributed by atoms with van der Waals surface area (Å²) in [7, 11) is -4.46. The van der Waals surface area contributed by atoms with E-state index in [1.54, 1.807) is 0 Å². The van der Waals surface area contributed by atoms with Crippen LogP contribution in [-0.2, 0) is 25.8 Å². The molecule has 2 heterocycles. The second-order valence-corrected chi connectivity index (χ2v) is 15.5. The number of sulfone groups is 1. The van der Waals surface area contributed by atoms with Gasteiger partial charge in [-0.25, -0.2) is 12.8 Å². The number of carbonyl (C=O) groups excluding carboxylic acids is 2. The number of alkyl halides is 6. The normalized spacial score (nSPS) is 19.6. The average Bonchev–Trinajstić information content (AvgIpc) is 3.62. The van der Waals surface area contributed by atoms with Crippen LogP contribution in [0.3, 0.4) is 0 Å².